The number of carbonyl (C=O) groups is 1. The van der Waals surface area contributed by atoms with Gasteiger partial charge in [-0.2, -0.15) is 0 Å². The van der Waals surface area contributed by atoms with Crippen LogP contribution in [0.3, 0.4) is 0 Å². The molecule has 2 atom stereocenters. The number of amides is 1. The Morgan fingerprint density at radius 1 is 1.47 bits per heavy atom. The molecule has 104 valence electrons. The van der Waals surface area contributed by atoms with Crippen molar-refractivity contribution < 1.29 is 14.6 Å². The van der Waals surface area contributed by atoms with Crippen LogP contribution in [0, 0.1) is 0 Å². The number of hydrogen-bond acceptors (Lipinski definition) is 4. The quantitative estimate of drug-likeness (QED) is 0.717. The second-order valence-electron chi connectivity index (χ2n) is 4.53. The topological polar surface area (TPSA) is 70.6 Å². The lowest BCUT2D eigenvalue weighted by atomic mass is 10.2. The van der Waals surface area contributed by atoms with Crippen molar-refractivity contribution in [2.24, 2.45) is 0 Å². The van der Waals surface area contributed by atoms with Gasteiger partial charge in [0, 0.05) is 30.0 Å². The van der Waals surface area contributed by atoms with E-state index in [1.165, 1.54) is 0 Å². The molecule has 6 heteroatoms. The smallest absolute Gasteiger partial charge is 0.221 e. The van der Waals surface area contributed by atoms with Crippen molar-refractivity contribution in [3.05, 3.63) is 28.7 Å². The highest BCUT2D eigenvalue weighted by Gasteiger charge is 2.21. The summed E-state index contributed by atoms with van der Waals surface area (Å²) in [6.07, 6.45) is -0.125. The summed E-state index contributed by atoms with van der Waals surface area (Å²) < 4.78 is 6.45. The van der Waals surface area contributed by atoms with Crippen LogP contribution in [0.4, 0.5) is 0 Å². The molecule has 3 N–H and O–H groups in total. The van der Waals surface area contributed by atoms with E-state index in [4.69, 9.17) is 4.74 Å². The minimum Gasteiger partial charge on any atom is -0.491 e. The fraction of sp³-hybridized carbons (Fsp3) is 0.462. The Labute approximate surface area is 120 Å². The van der Waals surface area contributed by atoms with Crippen LogP contribution in [0.5, 0.6) is 5.75 Å². The van der Waals surface area contributed by atoms with Gasteiger partial charge in [-0.05, 0) is 24.3 Å². The maximum absolute atomic E-state index is 11.0. The third kappa shape index (κ3) is 4.81. The van der Waals surface area contributed by atoms with Gasteiger partial charge in [-0.3, -0.25) is 4.79 Å². The van der Waals surface area contributed by atoms with Crippen molar-refractivity contribution in [3.63, 3.8) is 0 Å². The van der Waals surface area contributed by atoms with E-state index in [1.54, 1.807) is 0 Å². The second kappa shape index (κ2) is 6.88. The normalized spacial score (nSPS) is 20.1. The predicted molar refractivity (Wildman–Crippen MR) is 75.1 cm³/mol. The van der Waals surface area contributed by atoms with Crippen LogP contribution in [-0.4, -0.2) is 42.9 Å². The fourth-order valence-corrected chi connectivity index (χ4v) is 2.10. The van der Waals surface area contributed by atoms with Crippen LogP contribution in [0.25, 0.3) is 0 Å². The molecule has 1 aromatic rings. The molecular formula is C13H17BrN2O3. The maximum atomic E-state index is 11.0. The highest BCUT2D eigenvalue weighted by Crippen LogP contribution is 2.16. The van der Waals surface area contributed by atoms with Gasteiger partial charge in [-0.25, -0.2) is 0 Å². The molecule has 0 spiro atoms. The van der Waals surface area contributed by atoms with Crippen molar-refractivity contribution in [1.82, 2.24) is 10.6 Å². The number of nitrogens with one attached hydrogen (secondary N) is 2. The molecule has 1 aliphatic heterocycles. The van der Waals surface area contributed by atoms with Crippen molar-refractivity contribution in [3.8, 4) is 5.75 Å². The van der Waals surface area contributed by atoms with Crippen LogP contribution < -0.4 is 15.4 Å². The van der Waals surface area contributed by atoms with Gasteiger partial charge in [-0.15, -0.1) is 0 Å². The molecule has 1 aromatic carbocycles. The number of halogens is 1. The summed E-state index contributed by atoms with van der Waals surface area (Å²) in [4.78, 5) is 11.0. The summed E-state index contributed by atoms with van der Waals surface area (Å²) in [5.74, 6) is 0.776. The molecule has 2 rings (SSSR count). The number of aliphatic hydroxyl groups excluding tert-OH is 1. The first kappa shape index (κ1) is 14.3. The summed E-state index contributed by atoms with van der Waals surface area (Å²) in [5, 5.41) is 15.7. The van der Waals surface area contributed by atoms with Crippen molar-refractivity contribution >= 4 is 21.8 Å². The summed E-state index contributed by atoms with van der Waals surface area (Å²) in [5.41, 5.74) is 0. The van der Waals surface area contributed by atoms with E-state index in [9.17, 15) is 9.90 Å². The van der Waals surface area contributed by atoms with Crippen molar-refractivity contribution in [2.75, 3.05) is 19.7 Å². The predicted octanol–water partition coefficient (Wildman–Crippen LogP) is 0.667. The average Bonchev–Trinajstić information content (AvgIpc) is 2.81. The summed E-state index contributed by atoms with van der Waals surface area (Å²) in [6, 6.07) is 7.55. The first-order valence-corrected chi connectivity index (χ1v) is 6.99. The first-order chi connectivity index (χ1) is 9.13. The SMILES string of the molecule is O=C1CC(NCC(O)COc2ccc(Br)cc2)CN1. The van der Waals surface area contributed by atoms with Gasteiger partial charge in [0.2, 0.25) is 5.91 Å². The van der Waals surface area contributed by atoms with Gasteiger partial charge < -0.3 is 20.5 Å². The lowest BCUT2D eigenvalue weighted by Gasteiger charge is -2.15. The van der Waals surface area contributed by atoms with Crippen LogP contribution >= 0.6 is 15.9 Å². The molecule has 19 heavy (non-hydrogen) atoms. The van der Waals surface area contributed by atoms with Gasteiger partial charge in [-0.1, -0.05) is 15.9 Å². The molecule has 1 aliphatic rings. The Hall–Kier alpha value is -1.11. The number of benzene rings is 1. The molecular weight excluding hydrogens is 312 g/mol. The molecule has 1 amide bonds. The van der Waals surface area contributed by atoms with Gasteiger partial charge in [0.05, 0.1) is 0 Å². The molecule has 0 radical (unpaired) electrons. The summed E-state index contributed by atoms with van der Waals surface area (Å²) >= 11 is 3.34. The molecule has 1 saturated heterocycles. The van der Waals surface area contributed by atoms with E-state index < -0.39 is 6.10 Å². The Balaban J connectivity index is 1.65. The fourth-order valence-electron chi connectivity index (χ4n) is 1.83. The zero-order valence-corrected chi connectivity index (χ0v) is 12.0. The van der Waals surface area contributed by atoms with E-state index in [0.29, 0.717) is 19.5 Å². The third-order valence-corrected chi connectivity index (χ3v) is 3.40. The molecule has 1 heterocycles. The van der Waals surface area contributed by atoms with Crippen molar-refractivity contribution in [2.45, 2.75) is 18.6 Å². The Kier molecular flexibility index (Phi) is 5.18. The highest BCUT2D eigenvalue weighted by atomic mass is 79.9. The zero-order valence-electron chi connectivity index (χ0n) is 10.4. The molecule has 0 aromatic heterocycles. The highest BCUT2D eigenvalue weighted by molar-refractivity contribution is 9.10. The summed E-state index contributed by atoms with van der Waals surface area (Å²) in [7, 11) is 0. The number of carbonyl (C=O) groups excluding carboxylic acids is 1. The van der Waals surface area contributed by atoms with E-state index >= 15 is 0 Å². The van der Waals surface area contributed by atoms with Crippen LogP contribution in [0.2, 0.25) is 0 Å². The molecule has 5 nitrogen and oxygen atoms in total. The molecule has 1 fully saturated rings. The Morgan fingerprint density at radius 2 is 2.21 bits per heavy atom. The van der Waals surface area contributed by atoms with E-state index in [-0.39, 0.29) is 18.6 Å². The Morgan fingerprint density at radius 3 is 2.84 bits per heavy atom. The van der Waals surface area contributed by atoms with Crippen LogP contribution in [0.1, 0.15) is 6.42 Å². The number of hydrogen-bond donors (Lipinski definition) is 3. The second-order valence-corrected chi connectivity index (χ2v) is 5.45. The lowest BCUT2D eigenvalue weighted by molar-refractivity contribution is -0.119. The van der Waals surface area contributed by atoms with E-state index in [0.717, 1.165) is 10.2 Å². The molecule has 2 unspecified atom stereocenters. The molecule has 0 bridgehead atoms. The number of ether oxygens (including phenoxy) is 1. The standard InChI is InChI=1S/C13H17BrN2O3/c14-9-1-3-12(4-2-9)19-8-11(17)7-15-10-5-13(18)16-6-10/h1-4,10-11,15,17H,5-8H2,(H,16,18). The van der Waals surface area contributed by atoms with Gasteiger partial charge in [0.25, 0.3) is 0 Å². The minimum atomic E-state index is -0.598. The first-order valence-electron chi connectivity index (χ1n) is 6.20. The molecule has 0 saturated carbocycles. The number of aliphatic hydroxyl groups is 1. The van der Waals surface area contributed by atoms with Gasteiger partial charge in [0.15, 0.2) is 0 Å². The van der Waals surface area contributed by atoms with Crippen LogP contribution in [-0.2, 0) is 4.79 Å². The molecule has 0 aliphatic carbocycles. The van der Waals surface area contributed by atoms with Crippen molar-refractivity contribution in [1.29, 1.82) is 0 Å². The minimum absolute atomic E-state index is 0.0538. The van der Waals surface area contributed by atoms with Gasteiger partial charge in [0.1, 0.15) is 18.5 Å². The zero-order chi connectivity index (χ0) is 13.7. The summed E-state index contributed by atoms with van der Waals surface area (Å²) in [6.45, 7) is 1.26. The van der Waals surface area contributed by atoms with Gasteiger partial charge >= 0.3 is 0 Å². The monoisotopic (exact) mass is 328 g/mol. The lowest BCUT2D eigenvalue weighted by Crippen LogP contribution is -2.39. The van der Waals surface area contributed by atoms with E-state index in [2.05, 4.69) is 26.6 Å². The Bertz CT molecular complexity index is 424. The average molecular weight is 329 g/mol. The largest absolute Gasteiger partial charge is 0.491 e. The maximum Gasteiger partial charge on any atom is 0.221 e. The third-order valence-electron chi connectivity index (χ3n) is 2.88. The number of rotatable bonds is 6. The van der Waals surface area contributed by atoms with Crippen LogP contribution in [0.15, 0.2) is 28.7 Å². The van der Waals surface area contributed by atoms with E-state index in [1.807, 2.05) is 24.3 Å².